The van der Waals surface area contributed by atoms with Gasteiger partial charge in [-0.05, 0) is 18.8 Å². The highest BCUT2D eigenvalue weighted by atomic mass is 32.1. The topological polar surface area (TPSA) is 52.6 Å². The second-order valence-electron chi connectivity index (χ2n) is 5.40. The zero-order valence-electron chi connectivity index (χ0n) is 13.2. The third kappa shape index (κ3) is 6.23. The normalized spacial score (nSPS) is 11.8. The predicted octanol–water partition coefficient (Wildman–Crippen LogP) is 2.31. The number of thiazole rings is 1. The van der Waals surface area contributed by atoms with Gasteiger partial charge in [-0.1, -0.05) is 13.8 Å². The predicted molar refractivity (Wildman–Crippen MR) is 88.7 cm³/mol. The molecule has 2 N–H and O–H groups in total. The Morgan fingerprint density at radius 3 is 2.70 bits per heavy atom. The molecule has 0 aliphatic carbocycles. The van der Waals surface area contributed by atoms with E-state index in [0.29, 0.717) is 6.54 Å². The van der Waals surface area contributed by atoms with Crippen LogP contribution in [0.15, 0.2) is 10.4 Å². The lowest BCUT2D eigenvalue weighted by molar-refractivity contribution is 0.549. The zero-order chi connectivity index (χ0) is 15.0. The fourth-order valence-electron chi connectivity index (χ4n) is 1.69. The molecule has 0 aliphatic rings. The Balaban J connectivity index is 2.30. The van der Waals surface area contributed by atoms with Crippen LogP contribution in [0.2, 0.25) is 0 Å². The summed E-state index contributed by atoms with van der Waals surface area (Å²) in [5.41, 5.74) is 1.05. The molecule has 1 aromatic heterocycles. The summed E-state index contributed by atoms with van der Waals surface area (Å²) in [5.74, 6) is 1.60. The Morgan fingerprint density at radius 1 is 1.40 bits per heavy atom. The second kappa shape index (κ2) is 8.79. The van der Waals surface area contributed by atoms with Crippen molar-refractivity contribution in [1.82, 2.24) is 15.6 Å². The monoisotopic (exact) mass is 297 g/mol. The molecule has 0 aliphatic heterocycles. The zero-order valence-corrected chi connectivity index (χ0v) is 14.0. The Bertz CT molecular complexity index is 411. The van der Waals surface area contributed by atoms with E-state index in [4.69, 9.17) is 0 Å². The van der Waals surface area contributed by atoms with Gasteiger partial charge >= 0.3 is 0 Å². The van der Waals surface area contributed by atoms with Gasteiger partial charge in [0.25, 0.3) is 0 Å². The van der Waals surface area contributed by atoms with Crippen molar-refractivity contribution >= 4 is 22.4 Å². The van der Waals surface area contributed by atoms with Crippen molar-refractivity contribution < 1.29 is 0 Å². The van der Waals surface area contributed by atoms with Crippen molar-refractivity contribution in [2.24, 2.45) is 10.9 Å². The van der Waals surface area contributed by atoms with Crippen molar-refractivity contribution in [2.75, 3.05) is 32.6 Å². The molecule has 0 fully saturated rings. The molecule has 0 atom stereocenters. The molecule has 1 heterocycles. The molecule has 5 nitrogen and oxygen atoms in total. The third-order valence-electron chi connectivity index (χ3n) is 2.83. The van der Waals surface area contributed by atoms with Crippen molar-refractivity contribution in [3.63, 3.8) is 0 Å². The van der Waals surface area contributed by atoms with Crippen LogP contribution in [-0.4, -0.2) is 38.6 Å². The fourth-order valence-corrected chi connectivity index (χ4v) is 2.45. The Morgan fingerprint density at radius 2 is 2.15 bits per heavy atom. The third-order valence-corrected chi connectivity index (χ3v) is 3.89. The van der Waals surface area contributed by atoms with Gasteiger partial charge in [-0.15, -0.1) is 11.3 Å². The molecule has 0 amide bonds. The minimum Gasteiger partial charge on any atom is -0.356 e. The van der Waals surface area contributed by atoms with E-state index in [1.807, 2.05) is 19.0 Å². The van der Waals surface area contributed by atoms with Crippen LogP contribution in [0, 0.1) is 5.92 Å². The number of guanidine groups is 1. The lowest BCUT2D eigenvalue weighted by Gasteiger charge is -2.11. The standard InChI is InChI=1S/C14H27N5S/c1-11(2)7-6-8-16-13(15-3)17-9-12-10-20-14(18-12)19(4)5/h10-11H,6-9H2,1-5H3,(H2,15,16,17). The molecule has 0 radical (unpaired) electrons. The molecule has 20 heavy (non-hydrogen) atoms. The van der Waals surface area contributed by atoms with Gasteiger partial charge in [0.2, 0.25) is 0 Å². The van der Waals surface area contributed by atoms with E-state index in [0.717, 1.165) is 29.2 Å². The Kier molecular flexibility index (Phi) is 7.36. The van der Waals surface area contributed by atoms with Crippen molar-refractivity contribution in [2.45, 2.75) is 33.2 Å². The maximum absolute atomic E-state index is 4.53. The number of aromatic nitrogens is 1. The number of nitrogens with one attached hydrogen (secondary N) is 2. The molecule has 0 bridgehead atoms. The van der Waals surface area contributed by atoms with Crippen molar-refractivity contribution in [1.29, 1.82) is 0 Å². The van der Waals surface area contributed by atoms with E-state index in [-0.39, 0.29) is 0 Å². The lowest BCUT2D eigenvalue weighted by atomic mass is 10.1. The number of rotatable bonds is 7. The first-order valence-corrected chi connectivity index (χ1v) is 7.97. The van der Waals surface area contributed by atoms with Gasteiger partial charge < -0.3 is 15.5 Å². The van der Waals surface area contributed by atoms with E-state index in [1.165, 1.54) is 12.8 Å². The lowest BCUT2D eigenvalue weighted by Crippen LogP contribution is -2.37. The van der Waals surface area contributed by atoms with Crippen LogP contribution in [0.25, 0.3) is 0 Å². The first kappa shape index (κ1) is 16.8. The molecule has 0 saturated carbocycles. The van der Waals surface area contributed by atoms with Crippen LogP contribution in [0.3, 0.4) is 0 Å². The number of hydrogen-bond acceptors (Lipinski definition) is 4. The largest absolute Gasteiger partial charge is 0.356 e. The molecule has 1 rings (SSSR count). The molecule has 0 saturated heterocycles. The van der Waals surface area contributed by atoms with Crippen LogP contribution in [0.1, 0.15) is 32.4 Å². The summed E-state index contributed by atoms with van der Waals surface area (Å²) in [7, 11) is 5.81. The van der Waals surface area contributed by atoms with Gasteiger partial charge in [0.15, 0.2) is 11.1 Å². The maximum Gasteiger partial charge on any atom is 0.191 e. The Hall–Kier alpha value is -1.30. The van der Waals surface area contributed by atoms with Gasteiger partial charge in [0, 0.05) is 33.1 Å². The molecule has 0 aromatic carbocycles. The average molecular weight is 297 g/mol. The summed E-state index contributed by atoms with van der Waals surface area (Å²) < 4.78 is 0. The highest BCUT2D eigenvalue weighted by Crippen LogP contribution is 2.17. The van der Waals surface area contributed by atoms with E-state index in [9.17, 15) is 0 Å². The minimum atomic E-state index is 0.703. The molecule has 6 heteroatoms. The summed E-state index contributed by atoms with van der Waals surface area (Å²) in [5, 5.41) is 9.73. The van der Waals surface area contributed by atoms with Crippen LogP contribution in [-0.2, 0) is 6.54 Å². The number of aliphatic imine (C=N–C) groups is 1. The van der Waals surface area contributed by atoms with Crippen molar-refractivity contribution in [3.8, 4) is 0 Å². The smallest absolute Gasteiger partial charge is 0.191 e. The SMILES string of the molecule is CN=C(NCCCC(C)C)NCc1csc(N(C)C)n1. The van der Waals surface area contributed by atoms with Gasteiger partial charge in [-0.25, -0.2) is 4.98 Å². The van der Waals surface area contributed by atoms with Crippen molar-refractivity contribution in [3.05, 3.63) is 11.1 Å². The number of hydrogen-bond donors (Lipinski definition) is 2. The highest BCUT2D eigenvalue weighted by molar-refractivity contribution is 7.13. The molecule has 0 unspecified atom stereocenters. The first-order chi connectivity index (χ1) is 9.52. The van der Waals surface area contributed by atoms with Crippen LogP contribution in [0.5, 0.6) is 0 Å². The van der Waals surface area contributed by atoms with E-state index in [1.54, 1.807) is 18.4 Å². The highest BCUT2D eigenvalue weighted by Gasteiger charge is 2.04. The molecular formula is C14H27N5S. The van der Waals surface area contributed by atoms with Gasteiger partial charge in [0.1, 0.15) is 0 Å². The van der Waals surface area contributed by atoms with Gasteiger partial charge in [0.05, 0.1) is 12.2 Å². The number of nitrogens with zero attached hydrogens (tertiary/aromatic N) is 3. The van der Waals surface area contributed by atoms with E-state index >= 15 is 0 Å². The summed E-state index contributed by atoms with van der Waals surface area (Å²) in [4.78, 5) is 10.8. The maximum atomic E-state index is 4.53. The average Bonchev–Trinajstić information content (AvgIpc) is 2.86. The van der Waals surface area contributed by atoms with Crippen LogP contribution in [0.4, 0.5) is 5.13 Å². The summed E-state index contributed by atoms with van der Waals surface area (Å²) in [6, 6.07) is 0. The van der Waals surface area contributed by atoms with Gasteiger partial charge in [-0.2, -0.15) is 0 Å². The molecule has 114 valence electrons. The van der Waals surface area contributed by atoms with Gasteiger partial charge in [-0.3, -0.25) is 4.99 Å². The quantitative estimate of drug-likeness (QED) is 0.461. The van der Waals surface area contributed by atoms with Crippen LogP contribution >= 0.6 is 11.3 Å². The van der Waals surface area contributed by atoms with Crippen LogP contribution < -0.4 is 15.5 Å². The number of anilines is 1. The fraction of sp³-hybridized carbons (Fsp3) is 0.714. The first-order valence-electron chi connectivity index (χ1n) is 7.09. The summed E-state index contributed by atoms with van der Waals surface area (Å²) >= 11 is 1.66. The minimum absolute atomic E-state index is 0.703. The second-order valence-corrected chi connectivity index (χ2v) is 6.24. The summed E-state index contributed by atoms with van der Waals surface area (Å²) in [6.07, 6.45) is 2.40. The molecule has 0 spiro atoms. The van der Waals surface area contributed by atoms with E-state index < -0.39 is 0 Å². The molecular weight excluding hydrogens is 270 g/mol. The Labute approximate surface area is 126 Å². The summed E-state index contributed by atoms with van der Waals surface area (Å²) in [6.45, 7) is 6.15. The van der Waals surface area contributed by atoms with E-state index in [2.05, 4.69) is 39.8 Å². The molecule has 1 aromatic rings.